The molecule has 0 spiro atoms. The Bertz CT molecular complexity index is 1270. The molecule has 0 radical (unpaired) electrons. The number of fused-ring (bicyclic) bond motifs is 1. The van der Waals surface area contributed by atoms with E-state index < -0.39 is 0 Å². The van der Waals surface area contributed by atoms with Crippen LogP contribution in [-0.4, -0.2) is 69.4 Å². The molecule has 1 aromatic carbocycles. The Balaban J connectivity index is 1.30. The highest BCUT2D eigenvalue weighted by molar-refractivity contribution is 6.35. The molecule has 4 heterocycles. The van der Waals surface area contributed by atoms with Crippen LogP contribution in [0.2, 0.25) is 10.0 Å². The molecule has 0 bridgehead atoms. The number of esters is 1. The van der Waals surface area contributed by atoms with Crippen molar-refractivity contribution in [1.29, 1.82) is 0 Å². The van der Waals surface area contributed by atoms with Gasteiger partial charge in [-0.1, -0.05) is 29.3 Å². The van der Waals surface area contributed by atoms with Crippen LogP contribution in [-0.2, 0) is 9.53 Å². The molecule has 0 amide bonds. The number of piperidine rings is 1. The van der Waals surface area contributed by atoms with Gasteiger partial charge in [0.25, 0.3) is 0 Å². The topological polar surface area (TPSA) is 76.4 Å². The number of carbonyl (C=O) groups is 1. The van der Waals surface area contributed by atoms with Crippen LogP contribution in [0.15, 0.2) is 24.4 Å². The molecule has 0 unspecified atom stereocenters. The third kappa shape index (κ3) is 5.42. The summed E-state index contributed by atoms with van der Waals surface area (Å²) in [6, 6.07) is 6.45. The van der Waals surface area contributed by atoms with Crippen LogP contribution in [0.25, 0.3) is 11.2 Å². The van der Waals surface area contributed by atoms with Crippen LogP contribution in [0.1, 0.15) is 62.7 Å². The molecule has 2 saturated heterocycles. The van der Waals surface area contributed by atoms with Crippen molar-refractivity contribution in [2.75, 3.05) is 31.6 Å². The van der Waals surface area contributed by atoms with Gasteiger partial charge in [-0.2, -0.15) is 5.10 Å². The van der Waals surface area contributed by atoms with E-state index in [9.17, 15) is 4.79 Å². The van der Waals surface area contributed by atoms with Gasteiger partial charge >= 0.3 is 5.97 Å². The van der Waals surface area contributed by atoms with Crippen molar-refractivity contribution in [1.82, 2.24) is 24.6 Å². The Morgan fingerprint density at radius 3 is 2.70 bits per heavy atom. The predicted octanol–water partition coefficient (Wildman–Crippen LogP) is 5.44. The van der Waals surface area contributed by atoms with Gasteiger partial charge in [-0.15, -0.1) is 0 Å². The van der Waals surface area contributed by atoms with Gasteiger partial charge in [-0.05, 0) is 70.2 Å². The lowest BCUT2D eigenvalue weighted by Gasteiger charge is -2.39. The SMILES string of the molecule is COC(=O)CC[C@@H]1CCCN1C1CCN(c2cnc3c(C)nn([C@H](C)c4ccc(Cl)cc4Cl)c3n2)CC1. The lowest BCUT2D eigenvalue weighted by molar-refractivity contribution is -0.141. The van der Waals surface area contributed by atoms with Crippen LogP contribution < -0.4 is 4.90 Å². The largest absolute Gasteiger partial charge is 0.469 e. The Kier molecular flexibility index (Phi) is 7.88. The highest BCUT2D eigenvalue weighted by Crippen LogP contribution is 2.32. The maximum atomic E-state index is 11.6. The quantitative estimate of drug-likeness (QED) is 0.366. The Hall–Kier alpha value is -2.42. The molecular formula is C27H34Cl2N6O2. The second kappa shape index (κ2) is 11.1. The average molecular weight is 546 g/mol. The van der Waals surface area contributed by atoms with E-state index in [4.69, 9.17) is 43.0 Å². The maximum Gasteiger partial charge on any atom is 0.305 e. The second-order valence-electron chi connectivity index (χ2n) is 10.1. The molecular weight excluding hydrogens is 511 g/mol. The van der Waals surface area contributed by atoms with E-state index >= 15 is 0 Å². The van der Waals surface area contributed by atoms with Gasteiger partial charge in [-0.3, -0.25) is 9.69 Å². The van der Waals surface area contributed by atoms with E-state index in [0.717, 1.165) is 67.1 Å². The van der Waals surface area contributed by atoms with Crippen LogP contribution in [0.3, 0.4) is 0 Å². The van der Waals surface area contributed by atoms with Crippen molar-refractivity contribution >= 4 is 46.2 Å². The summed E-state index contributed by atoms with van der Waals surface area (Å²) in [6.45, 7) is 6.99. The third-order valence-corrected chi connectivity index (χ3v) is 8.49. The van der Waals surface area contributed by atoms with Crippen molar-refractivity contribution in [2.24, 2.45) is 0 Å². The molecule has 10 heteroatoms. The minimum absolute atomic E-state index is 0.113. The highest BCUT2D eigenvalue weighted by Gasteiger charge is 2.33. The highest BCUT2D eigenvalue weighted by atomic mass is 35.5. The Morgan fingerprint density at radius 1 is 1.19 bits per heavy atom. The number of rotatable bonds is 7. The van der Waals surface area contributed by atoms with Gasteiger partial charge in [0.1, 0.15) is 11.3 Å². The van der Waals surface area contributed by atoms with E-state index in [1.54, 1.807) is 6.07 Å². The number of hydrogen-bond acceptors (Lipinski definition) is 7. The zero-order valence-corrected chi connectivity index (χ0v) is 23.2. The molecule has 0 aliphatic carbocycles. The number of halogens is 2. The summed E-state index contributed by atoms with van der Waals surface area (Å²) in [5, 5.41) is 5.98. The number of ether oxygens (including phenoxy) is 1. The van der Waals surface area contributed by atoms with Crippen molar-refractivity contribution < 1.29 is 9.53 Å². The first kappa shape index (κ1) is 26.2. The zero-order valence-electron chi connectivity index (χ0n) is 21.7. The summed E-state index contributed by atoms with van der Waals surface area (Å²) in [7, 11) is 1.46. The van der Waals surface area contributed by atoms with Crippen LogP contribution in [0.4, 0.5) is 5.82 Å². The fourth-order valence-corrected chi connectivity index (χ4v) is 6.46. The molecule has 2 atom stereocenters. The van der Waals surface area contributed by atoms with Crippen LogP contribution in [0, 0.1) is 6.92 Å². The number of benzene rings is 1. The minimum atomic E-state index is -0.117. The van der Waals surface area contributed by atoms with E-state index in [2.05, 4.69) is 16.7 Å². The maximum absolute atomic E-state index is 11.6. The van der Waals surface area contributed by atoms with Gasteiger partial charge in [-0.25, -0.2) is 14.6 Å². The number of nitrogens with zero attached hydrogens (tertiary/aromatic N) is 6. The number of likely N-dealkylation sites (tertiary alicyclic amines) is 1. The van der Waals surface area contributed by atoms with Crippen molar-refractivity contribution in [3.8, 4) is 0 Å². The summed E-state index contributed by atoms with van der Waals surface area (Å²) < 4.78 is 6.77. The normalized spacial score (nSPS) is 20.0. The zero-order chi connectivity index (χ0) is 26.1. The predicted molar refractivity (Wildman–Crippen MR) is 147 cm³/mol. The van der Waals surface area contributed by atoms with E-state index in [0.29, 0.717) is 28.5 Å². The average Bonchev–Trinajstić information content (AvgIpc) is 3.51. The van der Waals surface area contributed by atoms with Gasteiger partial charge < -0.3 is 9.64 Å². The Labute approximate surface area is 227 Å². The second-order valence-corrected chi connectivity index (χ2v) is 11.0. The molecule has 3 aromatic rings. The molecule has 2 fully saturated rings. The molecule has 2 aliphatic heterocycles. The molecule has 8 nitrogen and oxygen atoms in total. The number of anilines is 1. The van der Waals surface area contributed by atoms with Gasteiger partial charge in [0.2, 0.25) is 0 Å². The number of carbonyl (C=O) groups excluding carboxylic acids is 1. The monoisotopic (exact) mass is 544 g/mol. The number of hydrogen-bond donors (Lipinski definition) is 0. The number of aromatic nitrogens is 4. The molecule has 5 rings (SSSR count). The van der Waals surface area contributed by atoms with E-state index in [-0.39, 0.29) is 12.0 Å². The first-order valence-electron chi connectivity index (χ1n) is 13.1. The van der Waals surface area contributed by atoms with Gasteiger partial charge in [0.15, 0.2) is 5.65 Å². The molecule has 37 heavy (non-hydrogen) atoms. The first-order valence-corrected chi connectivity index (χ1v) is 13.9. The molecule has 0 N–H and O–H groups in total. The standard InChI is InChI=1S/C27H34Cl2N6O2/c1-17-26-27(35(32-17)18(2)22-8-6-19(28)15-23(22)29)31-24(16-30-26)33-13-10-21(11-14-33)34-12-4-5-20(34)7-9-25(36)37-3/h6,8,15-16,18,20-21H,4-5,7,9-14H2,1-3H3/t18-,20+/m1/s1. The summed E-state index contributed by atoms with van der Waals surface area (Å²) in [5.74, 6) is 0.767. The molecule has 2 aliphatic rings. The van der Waals surface area contributed by atoms with E-state index in [1.165, 1.54) is 20.0 Å². The van der Waals surface area contributed by atoms with Crippen molar-refractivity contribution in [3.63, 3.8) is 0 Å². The Morgan fingerprint density at radius 2 is 1.97 bits per heavy atom. The fraction of sp³-hybridized carbons (Fsp3) is 0.556. The summed E-state index contributed by atoms with van der Waals surface area (Å²) in [5.41, 5.74) is 3.35. The lowest BCUT2D eigenvalue weighted by atomic mass is 10.0. The first-order chi connectivity index (χ1) is 17.9. The van der Waals surface area contributed by atoms with Crippen LogP contribution in [0.5, 0.6) is 0 Å². The summed E-state index contributed by atoms with van der Waals surface area (Å²) in [4.78, 5) is 26.4. The van der Waals surface area contributed by atoms with Crippen molar-refractivity contribution in [2.45, 2.75) is 70.5 Å². The third-order valence-electron chi connectivity index (χ3n) is 7.93. The molecule has 2 aromatic heterocycles. The van der Waals surface area contributed by atoms with Crippen LogP contribution >= 0.6 is 23.2 Å². The van der Waals surface area contributed by atoms with Gasteiger partial charge in [0.05, 0.1) is 25.0 Å². The summed E-state index contributed by atoms with van der Waals surface area (Å²) in [6.07, 6.45) is 7.77. The number of aryl methyl sites for hydroxylation is 1. The van der Waals surface area contributed by atoms with Crippen molar-refractivity contribution in [3.05, 3.63) is 45.7 Å². The fourth-order valence-electron chi connectivity index (χ4n) is 5.90. The molecule has 198 valence electrons. The number of methoxy groups -OCH3 is 1. The van der Waals surface area contributed by atoms with Gasteiger partial charge in [0, 0.05) is 41.6 Å². The minimum Gasteiger partial charge on any atom is -0.469 e. The van der Waals surface area contributed by atoms with E-state index in [1.807, 2.05) is 29.9 Å². The lowest BCUT2D eigenvalue weighted by Crippen LogP contribution is -2.47. The molecule has 0 saturated carbocycles. The smallest absolute Gasteiger partial charge is 0.305 e. The summed E-state index contributed by atoms with van der Waals surface area (Å²) >= 11 is 12.6.